The average Bonchev–Trinajstić information content (AvgIpc) is 2.50. The third-order valence-corrected chi connectivity index (χ3v) is 3.93. The second-order valence-corrected chi connectivity index (χ2v) is 5.51. The van der Waals surface area contributed by atoms with E-state index in [1.54, 1.807) is 0 Å². The fourth-order valence-electron chi connectivity index (χ4n) is 2.44. The highest BCUT2D eigenvalue weighted by atomic mass is 16.8. The first kappa shape index (κ1) is 17.9. The number of aliphatic hydroxyl groups excluding tert-OH is 7. The van der Waals surface area contributed by atoms with Crippen molar-refractivity contribution in [2.45, 2.75) is 68.3 Å². The van der Waals surface area contributed by atoms with Crippen molar-refractivity contribution in [3.8, 4) is 0 Å². The lowest BCUT2D eigenvalue weighted by molar-refractivity contribution is -0.373. The Morgan fingerprint density at radius 3 is 1.77 bits per heavy atom. The molecule has 7 N–H and O–H groups in total. The smallest absolute Gasteiger partial charge is 0.189 e. The van der Waals surface area contributed by atoms with Crippen molar-refractivity contribution in [3.05, 3.63) is 0 Å². The van der Waals surface area contributed by atoms with Gasteiger partial charge in [0.25, 0.3) is 0 Å². The van der Waals surface area contributed by atoms with E-state index in [1.165, 1.54) is 6.92 Å². The van der Waals surface area contributed by atoms with Crippen molar-refractivity contribution >= 4 is 0 Å². The summed E-state index contributed by atoms with van der Waals surface area (Å²) >= 11 is 0. The molecule has 0 aromatic carbocycles. The molecular weight excluding hydrogens is 304 g/mol. The Labute approximate surface area is 126 Å². The van der Waals surface area contributed by atoms with Gasteiger partial charge in [-0.2, -0.15) is 0 Å². The molecule has 130 valence electrons. The van der Waals surface area contributed by atoms with Gasteiger partial charge in [0.2, 0.25) is 0 Å². The molecule has 0 bridgehead atoms. The van der Waals surface area contributed by atoms with Gasteiger partial charge in [-0.3, -0.25) is 0 Å². The molecule has 10 nitrogen and oxygen atoms in total. The summed E-state index contributed by atoms with van der Waals surface area (Å²) in [7, 11) is 0. The zero-order valence-corrected chi connectivity index (χ0v) is 11.8. The SMILES string of the molecule is C[C@@H]1O[C@@H](O[C@@H]2O[C@H](CO)[C@@H](O)[C@H](O)[C@H]2O)[C@H](O)[C@H](O)[C@H]1O. The minimum atomic E-state index is -1.66. The Hall–Kier alpha value is -0.400. The number of ether oxygens (including phenoxy) is 3. The molecule has 0 radical (unpaired) electrons. The van der Waals surface area contributed by atoms with Crippen LogP contribution < -0.4 is 0 Å². The van der Waals surface area contributed by atoms with Crippen LogP contribution in [0.15, 0.2) is 0 Å². The maximum atomic E-state index is 9.83. The predicted molar refractivity (Wildman–Crippen MR) is 67.2 cm³/mol. The van der Waals surface area contributed by atoms with E-state index in [0.717, 1.165) is 0 Å². The van der Waals surface area contributed by atoms with Crippen LogP contribution in [0.5, 0.6) is 0 Å². The molecule has 2 fully saturated rings. The van der Waals surface area contributed by atoms with E-state index in [-0.39, 0.29) is 0 Å². The number of aliphatic hydroxyl groups is 7. The zero-order chi connectivity index (χ0) is 16.6. The van der Waals surface area contributed by atoms with Crippen LogP contribution >= 0.6 is 0 Å². The molecule has 22 heavy (non-hydrogen) atoms. The lowest BCUT2D eigenvalue weighted by Gasteiger charge is -2.44. The average molecular weight is 326 g/mol. The predicted octanol–water partition coefficient (Wildman–Crippen LogP) is -4.37. The van der Waals surface area contributed by atoms with Crippen LogP contribution in [0.3, 0.4) is 0 Å². The highest BCUT2D eigenvalue weighted by molar-refractivity contribution is 4.91. The molecule has 10 atom stereocenters. The van der Waals surface area contributed by atoms with Gasteiger partial charge in [-0.1, -0.05) is 0 Å². The monoisotopic (exact) mass is 326 g/mol. The third kappa shape index (κ3) is 3.26. The molecule has 0 aliphatic carbocycles. The quantitative estimate of drug-likeness (QED) is 0.269. The molecule has 2 rings (SSSR count). The van der Waals surface area contributed by atoms with Crippen molar-refractivity contribution in [2.24, 2.45) is 0 Å². The molecule has 10 heteroatoms. The summed E-state index contributed by atoms with van der Waals surface area (Å²) in [6.07, 6.45) is -14.3. The Balaban J connectivity index is 2.05. The van der Waals surface area contributed by atoms with E-state index < -0.39 is 68.0 Å². The first-order valence-corrected chi connectivity index (χ1v) is 6.93. The summed E-state index contributed by atoms with van der Waals surface area (Å²) in [6.45, 7) is 0.819. The van der Waals surface area contributed by atoms with Crippen molar-refractivity contribution in [1.82, 2.24) is 0 Å². The van der Waals surface area contributed by atoms with E-state index in [1.807, 2.05) is 0 Å². The van der Waals surface area contributed by atoms with Gasteiger partial charge in [-0.15, -0.1) is 0 Å². The number of hydrogen-bond acceptors (Lipinski definition) is 10. The number of hydrogen-bond donors (Lipinski definition) is 7. The largest absolute Gasteiger partial charge is 0.394 e. The second kappa shape index (κ2) is 7.01. The standard InChI is InChI=1S/C12H22O10/c1-3-5(14)7(16)9(18)11(20-3)22-12-10(19)8(17)6(15)4(2-13)21-12/h3-19H,2H2,1H3/t3-,4+,5-,6+,7+,8-,9+,10+,11-,12-/m0/s1. The molecule has 0 spiro atoms. The van der Waals surface area contributed by atoms with Gasteiger partial charge in [0.15, 0.2) is 12.6 Å². The van der Waals surface area contributed by atoms with Gasteiger partial charge in [0.05, 0.1) is 12.7 Å². The van der Waals surface area contributed by atoms with Gasteiger partial charge < -0.3 is 50.0 Å². The highest BCUT2D eigenvalue weighted by Gasteiger charge is 2.48. The van der Waals surface area contributed by atoms with Crippen LogP contribution in [-0.4, -0.2) is 104 Å². The Morgan fingerprint density at radius 1 is 0.727 bits per heavy atom. The lowest BCUT2D eigenvalue weighted by atomic mass is 9.98. The van der Waals surface area contributed by atoms with Gasteiger partial charge >= 0.3 is 0 Å². The molecule has 0 saturated carbocycles. The van der Waals surface area contributed by atoms with Gasteiger partial charge in [-0.05, 0) is 6.92 Å². The van der Waals surface area contributed by atoms with Crippen LogP contribution in [0.25, 0.3) is 0 Å². The van der Waals surface area contributed by atoms with Crippen molar-refractivity contribution in [3.63, 3.8) is 0 Å². The topological polar surface area (TPSA) is 169 Å². The van der Waals surface area contributed by atoms with E-state index in [2.05, 4.69) is 0 Å². The molecule has 2 aliphatic rings. The molecule has 0 amide bonds. The normalized spacial score (nSPS) is 53.5. The summed E-state index contributed by atoms with van der Waals surface area (Å²) in [5.74, 6) is 0. The molecular formula is C12H22O10. The van der Waals surface area contributed by atoms with Crippen LogP contribution in [0.1, 0.15) is 6.92 Å². The summed E-state index contributed by atoms with van der Waals surface area (Å²) in [5, 5.41) is 67.3. The lowest BCUT2D eigenvalue weighted by Crippen LogP contribution is -2.63. The van der Waals surface area contributed by atoms with Crippen LogP contribution in [0, 0.1) is 0 Å². The Bertz CT molecular complexity index is 366. The van der Waals surface area contributed by atoms with E-state index in [4.69, 9.17) is 19.3 Å². The maximum absolute atomic E-state index is 9.83. The summed E-state index contributed by atoms with van der Waals surface area (Å²) in [6, 6.07) is 0. The van der Waals surface area contributed by atoms with Gasteiger partial charge in [0.1, 0.15) is 42.7 Å². The van der Waals surface area contributed by atoms with Crippen molar-refractivity contribution in [2.75, 3.05) is 6.61 Å². The van der Waals surface area contributed by atoms with Gasteiger partial charge in [0, 0.05) is 0 Å². The zero-order valence-electron chi connectivity index (χ0n) is 11.8. The van der Waals surface area contributed by atoms with Crippen LogP contribution in [0.4, 0.5) is 0 Å². The Morgan fingerprint density at radius 2 is 1.23 bits per heavy atom. The van der Waals surface area contributed by atoms with Gasteiger partial charge in [-0.25, -0.2) is 0 Å². The molecule has 2 saturated heterocycles. The minimum absolute atomic E-state index is 0.628. The van der Waals surface area contributed by atoms with E-state index >= 15 is 0 Å². The molecule has 2 aliphatic heterocycles. The van der Waals surface area contributed by atoms with Crippen LogP contribution in [-0.2, 0) is 14.2 Å². The third-order valence-electron chi connectivity index (χ3n) is 3.93. The van der Waals surface area contributed by atoms with E-state index in [9.17, 15) is 30.6 Å². The molecule has 0 aromatic rings. The number of rotatable bonds is 3. The fraction of sp³-hybridized carbons (Fsp3) is 1.00. The van der Waals surface area contributed by atoms with Crippen molar-refractivity contribution < 1.29 is 50.0 Å². The maximum Gasteiger partial charge on any atom is 0.189 e. The fourth-order valence-corrected chi connectivity index (χ4v) is 2.44. The first-order chi connectivity index (χ1) is 10.3. The Kier molecular flexibility index (Phi) is 5.72. The minimum Gasteiger partial charge on any atom is -0.394 e. The summed E-state index contributed by atoms with van der Waals surface area (Å²) < 4.78 is 15.5. The summed E-state index contributed by atoms with van der Waals surface area (Å²) in [5.41, 5.74) is 0. The van der Waals surface area contributed by atoms with E-state index in [0.29, 0.717) is 0 Å². The second-order valence-electron chi connectivity index (χ2n) is 5.51. The molecule has 0 aromatic heterocycles. The van der Waals surface area contributed by atoms with Crippen LogP contribution in [0.2, 0.25) is 0 Å². The van der Waals surface area contributed by atoms with Crippen molar-refractivity contribution in [1.29, 1.82) is 0 Å². The summed E-state index contributed by atoms with van der Waals surface area (Å²) in [4.78, 5) is 0. The molecule has 0 unspecified atom stereocenters. The highest BCUT2D eigenvalue weighted by Crippen LogP contribution is 2.27. The molecule has 2 heterocycles. The first-order valence-electron chi connectivity index (χ1n) is 6.93.